The summed E-state index contributed by atoms with van der Waals surface area (Å²) in [4.78, 5) is 29.7. The van der Waals surface area contributed by atoms with Gasteiger partial charge in [0.25, 0.3) is 0 Å². The van der Waals surface area contributed by atoms with E-state index in [0.29, 0.717) is 6.42 Å². The van der Waals surface area contributed by atoms with E-state index >= 15 is 0 Å². The minimum Gasteiger partial charge on any atom is -0.481 e. The minimum absolute atomic E-state index is 0.180. The molecule has 0 spiro atoms. The van der Waals surface area contributed by atoms with Gasteiger partial charge >= 0.3 is 11.9 Å². The number of aromatic amines is 1. The second-order valence-electron chi connectivity index (χ2n) is 7.36. The fourth-order valence-corrected chi connectivity index (χ4v) is 3.84. The van der Waals surface area contributed by atoms with Gasteiger partial charge in [0.15, 0.2) is 5.92 Å². The fraction of sp³-hybridized carbons (Fsp3) is 0.348. The van der Waals surface area contributed by atoms with Gasteiger partial charge in [0, 0.05) is 40.1 Å². The molecule has 1 aromatic carbocycles. The molecule has 6 nitrogen and oxygen atoms in total. The van der Waals surface area contributed by atoms with Crippen LogP contribution in [0.2, 0.25) is 0 Å². The summed E-state index contributed by atoms with van der Waals surface area (Å²) in [6, 6.07) is 10.3. The van der Waals surface area contributed by atoms with Gasteiger partial charge in [-0.25, -0.2) is 0 Å². The van der Waals surface area contributed by atoms with Crippen molar-refractivity contribution in [2.24, 2.45) is 5.92 Å². The average molecular weight is 394 g/mol. The van der Waals surface area contributed by atoms with E-state index in [0.717, 1.165) is 42.5 Å². The highest BCUT2D eigenvalue weighted by atomic mass is 16.4. The minimum atomic E-state index is -1.30. The number of hydrogen-bond donors (Lipinski definition) is 3. The molecule has 3 N–H and O–H groups in total. The number of unbranched alkanes of at least 4 members (excludes halogenated alkanes) is 3. The number of pyridine rings is 1. The largest absolute Gasteiger partial charge is 0.481 e. The van der Waals surface area contributed by atoms with Crippen LogP contribution in [-0.4, -0.2) is 32.1 Å². The Bertz CT molecular complexity index is 995. The summed E-state index contributed by atoms with van der Waals surface area (Å²) in [5.41, 5.74) is 5.67. The molecule has 3 rings (SSSR count). The van der Waals surface area contributed by atoms with Crippen molar-refractivity contribution < 1.29 is 19.8 Å². The molecule has 0 aliphatic heterocycles. The van der Waals surface area contributed by atoms with E-state index in [4.69, 9.17) is 10.2 Å². The molecule has 0 aliphatic rings. The predicted molar refractivity (Wildman–Crippen MR) is 112 cm³/mol. The van der Waals surface area contributed by atoms with Gasteiger partial charge in [-0.15, -0.1) is 0 Å². The molecule has 0 fully saturated rings. The first-order valence-corrected chi connectivity index (χ1v) is 9.95. The van der Waals surface area contributed by atoms with Crippen molar-refractivity contribution in [2.75, 3.05) is 0 Å². The van der Waals surface area contributed by atoms with Gasteiger partial charge in [-0.1, -0.05) is 37.5 Å². The number of aryl methyl sites for hydroxylation is 2. The molecule has 0 atom stereocenters. The van der Waals surface area contributed by atoms with E-state index < -0.39 is 17.9 Å². The van der Waals surface area contributed by atoms with Crippen LogP contribution < -0.4 is 0 Å². The third-order valence-electron chi connectivity index (χ3n) is 5.37. The Morgan fingerprint density at radius 3 is 2.52 bits per heavy atom. The van der Waals surface area contributed by atoms with Crippen molar-refractivity contribution in [1.82, 2.24) is 9.97 Å². The topological polar surface area (TPSA) is 103 Å². The van der Waals surface area contributed by atoms with E-state index in [2.05, 4.69) is 28.2 Å². The number of H-pyrrole nitrogens is 1. The molecule has 0 aliphatic carbocycles. The van der Waals surface area contributed by atoms with Crippen molar-refractivity contribution in [3.05, 3.63) is 54.0 Å². The maximum Gasteiger partial charge on any atom is 0.317 e. The van der Waals surface area contributed by atoms with Gasteiger partial charge in [-0.3, -0.25) is 14.6 Å². The molecule has 0 saturated heterocycles. The van der Waals surface area contributed by atoms with Crippen LogP contribution in [0.1, 0.15) is 43.4 Å². The quantitative estimate of drug-likeness (QED) is 0.338. The highest BCUT2D eigenvalue weighted by Gasteiger charge is 2.24. The molecule has 2 heterocycles. The monoisotopic (exact) mass is 394 g/mol. The lowest BCUT2D eigenvalue weighted by molar-refractivity contribution is -0.154. The molecule has 0 bridgehead atoms. The molecule has 0 radical (unpaired) electrons. The van der Waals surface area contributed by atoms with E-state index in [9.17, 15) is 9.59 Å². The van der Waals surface area contributed by atoms with Crippen LogP contribution >= 0.6 is 0 Å². The van der Waals surface area contributed by atoms with Crippen LogP contribution in [0.25, 0.3) is 22.0 Å². The smallest absolute Gasteiger partial charge is 0.317 e. The number of aromatic nitrogens is 2. The molecular weight excluding hydrogens is 368 g/mol. The first kappa shape index (κ1) is 20.6. The van der Waals surface area contributed by atoms with Gasteiger partial charge in [0.2, 0.25) is 0 Å². The molecule has 3 aromatic rings. The number of nitrogens with one attached hydrogen (secondary N) is 1. The standard InChI is InChI=1S/C23H26N2O4/c1-15-21(19-14-25-20-11-7-6-9-17(19)20)16(12-13-24-15)8-4-2-3-5-10-18(22(26)27)23(28)29/h6-7,9,11-14,18,25H,2-5,8,10H2,1H3,(H,26,27)(H,28,29). The first-order chi connectivity index (χ1) is 14.0. The Balaban J connectivity index is 1.62. The lowest BCUT2D eigenvalue weighted by atomic mass is 9.94. The third kappa shape index (κ3) is 4.83. The van der Waals surface area contributed by atoms with Gasteiger partial charge in [-0.05, 0) is 43.9 Å². The summed E-state index contributed by atoms with van der Waals surface area (Å²) >= 11 is 0. The zero-order valence-electron chi connectivity index (χ0n) is 16.5. The van der Waals surface area contributed by atoms with Crippen LogP contribution in [0, 0.1) is 12.8 Å². The number of para-hydroxylation sites is 1. The second-order valence-corrected chi connectivity index (χ2v) is 7.36. The van der Waals surface area contributed by atoms with Crippen LogP contribution in [0.15, 0.2) is 42.7 Å². The maximum atomic E-state index is 10.9. The number of benzene rings is 1. The summed E-state index contributed by atoms with van der Waals surface area (Å²) in [6.07, 6.45) is 8.28. The summed E-state index contributed by atoms with van der Waals surface area (Å²) in [6.45, 7) is 2.03. The lowest BCUT2D eigenvalue weighted by Gasteiger charge is -2.12. The van der Waals surface area contributed by atoms with E-state index in [1.54, 1.807) is 0 Å². The van der Waals surface area contributed by atoms with E-state index in [1.165, 1.54) is 16.5 Å². The second kappa shape index (κ2) is 9.37. The molecule has 6 heteroatoms. The summed E-state index contributed by atoms with van der Waals surface area (Å²) < 4.78 is 0. The van der Waals surface area contributed by atoms with Gasteiger partial charge in [0.05, 0.1) is 0 Å². The molecule has 2 aromatic heterocycles. The third-order valence-corrected chi connectivity index (χ3v) is 5.37. The highest BCUT2D eigenvalue weighted by molar-refractivity contribution is 5.96. The van der Waals surface area contributed by atoms with Gasteiger partial charge < -0.3 is 15.2 Å². The zero-order chi connectivity index (χ0) is 20.8. The normalized spacial score (nSPS) is 11.2. The Kier molecular flexibility index (Phi) is 6.65. The van der Waals surface area contributed by atoms with Gasteiger partial charge in [-0.2, -0.15) is 0 Å². The fourth-order valence-electron chi connectivity index (χ4n) is 3.84. The SMILES string of the molecule is Cc1nccc(CCCCCCC(C(=O)O)C(=O)O)c1-c1c[nH]c2ccccc12. The number of nitrogens with zero attached hydrogens (tertiary/aromatic N) is 1. The molecular formula is C23H26N2O4. The Morgan fingerprint density at radius 2 is 1.76 bits per heavy atom. The molecule has 29 heavy (non-hydrogen) atoms. The molecule has 0 unspecified atom stereocenters. The predicted octanol–water partition coefficient (Wildman–Crippen LogP) is 4.82. The first-order valence-electron chi connectivity index (χ1n) is 9.95. The van der Waals surface area contributed by atoms with Crippen LogP contribution in [0.3, 0.4) is 0 Å². The molecule has 152 valence electrons. The number of carboxylic acids is 2. The summed E-state index contributed by atoms with van der Waals surface area (Å²) in [5.74, 6) is -3.81. The zero-order valence-corrected chi connectivity index (χ0v) is 16.5. The Hall–Kier alpha value is -3.15. The van der Waals surface area contributed by atoms with Crippen LogP contribution in [-0.2, 0) is 16.0 Å². The number of rotatable bonds is 10. The Labute approximate surface area is 169 Å². The summed E-state index contributed by atoms with van der Waals surface area (Å²) in [5, 5.41) is 19.0. The number of carbonyl (C=O) groups is 2. The van der Waals surface area contributed by atoms with Crippen molar-refractivity contribution in [2.45, 2.75) is 45.4 Å². The van der Waals surface area contributed by atoms with Crippen molar-refractivity contribution >= 4 is 22.8 Å². The van der Waals surface area contributed by atoms with E-state index in [1.807, 2.05) is 31.5 Å². The molecule has 0 amide bonds. The number of carboxylic acid groups (broad SMARTS) is 2. The maximum absolute atomic E-state index is 10.9. The van der Waals surface area contributed by atoms with Crippen molar-refractivity contribution in [3.63, 3.8) is 0 Å². The number of hydrogen-bond acceptors (Lipinski definition) is 3. The average Bonchev–Trinajstić information content (AvgIpc) is 3.10. The van der Waals surface area contributed by atoms with Crippen LogP contribution in [0.5, 0.6) is 0 Å². The Morgan fingerprint density at radius 1 is 1.03 bits per heavy atom. The van der Waals surface area contributed by atoms with E-state index in [-0.39, 0.29) is 6.42 Å². The van der Waals surface area contributed by atoms with Crippen molar-refractivity contribution in [1.29, 1.82) is 0 Å². The molecule has 0 saturated carbocycles. The highest BCUT2D eigenvalue weighted by Crippen LogP contribution is 2.33. The number of fused-ring (bicyclic) bond motifs is 1. The number of aliphatic carboxylic acids is 2. The van der Waals surface area contributed by atoms with Crippen molar-refractivity contribution in [3.8, 4) is 11.1 Å². The van der Waals surface area contributed by atoms with Gasteiger partial charge in [0.1, 0.15) is 0 Å². The summed E-state index contributed by atoms with van der Waals surface area (Å²) in [7, 11) is 0. The van der Waals surface area contributed by atoms with Crippen LogP contribution in [0.4, 0.5) is 0 Å². The lowest BCUT2D eigenvalue weighted by Crippen LogP contribution is -2.23.